The van der Waals surface area contributed by atoms with Crippen molar-refractivity contribution in [2.24, 2.45) is 5.84 Å². The van der Waals surface area contributed by atoms with Crippen molar-refractivity contribution in [3.05, 3.63) is 39.0 Å². The number of imidazole rings is 1. The summed E-state index contributed by atoms with van der Waals surface area (Å²) in [5.74, 6) is 6.56. The van der Waals surface area contributed by atoms with E-state index in [0.29, 0.717) is 0 Å². The van der Waals surface area contributed by atoms with Crippen molar-refractivity contribution in [2.75, 3.05) is 0 Å². The number of halogens is 1. The highest BCUT2D eigenvalue weighted by molar-refractivity contribution is 9.11. The van der Waals surface area contributed by atoms with Gasteiger partial charge in [-0.3, -0.25) is 5.84 Å². The Labute approximate surface area is 107 Å². The molecule has 1 atom stereocenters. The van der Waals surface area contributed by atoms with Gasteiger partial charge < -0.3 is 4.57 Å². The van der Waals surface area contributed by atoms with Gasteiger partial charge in [-0.15, -0.1) is 11.3 Å². The van der Waals surface area contributed by atoms with E-state index in [0.717, 1.165) is 21.0 Å². The van der Waals surface area contributed by atoms with Gasteiger partial charge in [-0.1, -0.05) is 0 Å². The molecular weight excluding hydrogens is 288 g/mol. The number of nitrogens with one attached hydrogen (secondary N) is 1. The minimum Gasteiger partial charge on any atom is -0.334 e. The summed E-state index contributed by atoms with van der Waals surface area (Å²) in [5.41, 5.74) is 2.82. The SMILES string of the molecule is CCn1ccnc1C(NN)c1ccc(Br)s1. The lowest BCUT2D eigenvalue weighted by molar-refractivity contribution is 0.567. The highest BCUT2D eigenvalue weighted by Gasteiger charge is 2.18. The van der Waals surface area contributed by atoms with Crippen LogP contribution in [-0.2, 0) is 6.54 Å². The van der Waals surface area contributed by atoms with Gasteiger partial charge in [0, 0.05) is 23.8 Å². The van der Waals surface area contributed by atoms with Gasteiger partial charge in [0.25, 0.3) is 0 Å². The molecule has 0 amide bonds. The maximum atomic E-state index is 5.62. The number of hydrogen-bond acceptors (Lipinski definition) is 4. The van der Waals surface area contributed by atoms with Crippen molar-refractivity contribution in [3.63, 3.8) is 0 Å². The third-order valence-electron chi connectivity index (χ3n) is 2.39. The highest BCUT2D eigenvalue weighted by atomic mass is 79.9. The van der Waals surface area contributed by atoms with Gasteiger partial charge in [0.1, 0.15) is 11.9 Å². The zero-order valence-corrected chi connectivity index (χ0v) is 11.3. The van der Waals surface area contributed by atoms with Gasteiger partial charge >= 0.3 is 0 Å². The molecule has 0 aliphatic carbocycles. The van der Waals surface area contributed by atoms with Crippen LogP contribution in [0.2, 0.25) is 0 Å². The number of hydrazine groups is 1. The molecule has 2 rings (SSSR count). The second kappa shape index (κ2) is 5.09. The first-order valence-electron chi connectivity index (χ1n) is 4.98. The van der Waals surface area contributed by atoms with E-state index in [4.69, 9.17) is 5.84 Å². The zero-order valence-electron chi connectivity index (χ0n) is 8.85. The monoisotopic (exact) mass is 300 g/mol. The van der Waals surface area contributed by atoms with E-state index >= 15 is 0 Å². The molecule has 4 nitrogen and oxygen atoms in total. The Bertz CT molecular complexity index is 465. The summed E-state index contributed by atoms with van der Waals surface area (Å²) in [5, 5.41) is 0. The van der Waals surface area contributed by atoms with E-state index in [1.165, 1.54) is 0 Å². The molecule has 0 aliphatic heterocycles. The molecule has 0 fully saturated rings. The summed E-state index contributed by atoms with van der Waals surface area (Å²) in [6, 6.07) is 4.02. The van der Waals surface area contributed by atoms with E-state index < -0.39 is 0 Å². The maximum Gasteiger partial charge on any atom is 0.132 e. The fraction of sp³-hybridized carbons (Fsp3) is 0.300. The standard InChI is InChI=1S/C10H13BrN4S/c1-2-15-6-5-13-10(15)9(14-12)7-3-4-8(11)16-7/h3-6,9,14H,2,12H2,1H3. The largest absolute Gasteiger partial charge is 0.334 e. The van der Waals surface area contributed by atoms with Crippen molar-refractivity contribution < 1.29 is 0 Å². The lowest BCUT2D eigenvalue weighted by Crippen LogP contribution is -2.30. The minimum absolute atomic E-state index is 0.0498. The molecule has 0 aromatic carbocycles. The summed E-state index contributed by atoms with van der Waals surface area (Å²) in [6.45, 7) is 2.98. The van der Waals surface area contributed by atoms with E-state index in [1.807, 2.05) is 18.3 Å². The average Bonchev–Trinajstić information content (AvgIpc) is 2.89. The van der Waals surface area contributed by atoms with Crippen LogP contribution in [0.25, 0.3) is 0 Å². The Hall–Kier alpha value is -0.690. The molecule has 0 bridgehead atoms. The fourth-order valence-electron chi connectivity index (χ4n) is 1.62. The Balaban J connectivity index is 2.36. The van der Waals surface area contributed by atoms with Crippen LogP contribution < -0.4 is 11.3 Å². The molecule has 3 N–H and O–H groups in total. The molecule has 2 heterocycles. The summed E-state index contributed by atoms with van der Waals surface area (Å²) >= 11 is 5.11. The highest BCUT2D eigenvalue weighted by Crippen LogP contribution is 2.30. The summed E-state index contributed by atoms with van der Waals surface area (Å²) in [7, 11) is 0. The Morgan fingerprint density at radius 3 is 3.00 bits per heavy atom. The third kappa shape index (κ3) is 2.20. The van der Waals surface area contributed by atoms with Crippen molar-refractivity contribution in [1.82, 2.24) is 15.0 Å². The summed E-state index contributed by atoms with van der Waals surface area (Å²) < 4.78 is 3.18. The Kier molecular flexibility index (Phi) is 3.75. The first-order chi connectivity index (χ1) is 7.76. The first kappa shape index (κ1) is 11.8. The van der Waals surface area contributed by atoms with Crippen LogP contribution in [0.5, 0.6) is 0 Å². The van der Waals surface area contributed by atoms with Gasteiger partial charge in [-0.2, -0.15) is 0 Å². The molecule has 0 saturated carbocycles. The topological polar surface area (TPSA) is 55.9 Å². The van der Waals surface area contributed by atoms with E-state index in [1.54, 1.807) is 17.5 Å². The predicted octanol–water partition coefficient (Wildman–Crippen LogP) is 2.28. The number of rotatable bonds is 4. The second-order valence-electron chi connectivity index (χ2n) is 3.31. The molecule has 1 unspecified atom stereocenters. The fourth-order valence-corrected chi connectivity index (χ4v) is 3.10. The summed E-state index contributed by atoms with van der Waals surface area (Å²) in [4.78, 5) is 5.50. The molecular formula is C10H13BrN4S. The normalized spacial score (nSPS) is 12.9. The van der Waals surface area contributed by atoms with Gasteiger partial charge in [0.05, 0.1) is 3.79 Å². The van der Waals surface area contributed by atoms with Crippen molar-refractivity contribution in [3.8, 4) is 0 Å². The number of thiophene rings is 1. The van der Waals surface area contributed by atoms with Crippen molar-refractivity contribution in [2.45, 2.75) is 19.5 Å². The van der Waals surface area contributed by atoms with Crippen molar-refractivity contribution in [1.29, 1.82) is 0 Å². The quantitative estimate of drug-likeness (QED) is 0.673. The van der Waals surface area contributed by atoms with Crippen LogP contribution in [0.3, 0.4) is 0 Å². The zero-order chi connectivity index (χ0) is 11.5. The molecule has 0 spiro atoms. The van der Waals surface area contributed by atoms with Gasteiger partial charge in [0.2, 0.25) is 0 Å². The van der Waals surface area contributed by atoms with Gasteiger partial charge in [0.15, 0.2) is 0 Å². The predicted molar refractivity (Wildman–Crippen MR) is 69.1 cm³/mol. The Morgan fingerprint density at radius 2 is 2.44 bits per heavy atom. The van der Waals surface area contributed by atoms with Gasteiger partial charge in [-0.05, 0) is 35.0 Å². The Morgan fingerprint density at radius 1 is 1.62 bits per heavy atom. The van der Waals surface area contributed by atoms with Gasteiger partial charge in [-0.25, -0.2) is 10.4 Å². The summed E-state index contributed by atoms with van der Waals surface area (Å²) in [6.07, 6.45) is 3.76. The average molecular weight is 301 g/mol. The molecule has 86 valence electrons. The lowest BCUT2D eigenvalue weighted by atomic mass is 10.2. The van der Waals surface area contributed by atoms with E-state index in [9.17, 15) is 0 Å². The molecule has 0 aliphatic rings. The minimum atomic E-state index is -0.0498. The van der Waals surface area contributed by atoms with Crippen LogP contribution in [0.4, 0.5) is 0 Å². The molecule has 16 heavy (non-hydrogen) atoms. The van der Waals surface area contributed by atoms with Crippen LogP contribution >= 0.6 is 27.3 Å². The van der Waals surface area contributed by atoms with Crippen LogP contribution in [0, 0.1) is 0 Å². The molecule has 0 saturated heterocycles. The smallest absolute Gasteiger partial charge is 0.132 e. The number of aromatic nitrogens is 2. The second-order valence-corrected chi connectivity index (χ2v) is 5.81. The number of hydrogen-bond donors (Lipinski definition) is 2. The number of nitrogens with two attached hydrogens (primary N) is 1. The van der Waals surface area contributed by atoms with Crippen LogP contribution in [-0.4, -0.2) is 9.55 Å². The third-order valence-corrected chi connectivity index (χ3v) is 4.08. The number of aryl methyl sites for hydroxylation is 1. The van der Waals surface area contributed by atoms with E-state index in [2.05, 4.69) is 37.8 Å². The van der Waals surface area contributed by atoms with Crippen molar-refractivity contribution >= 4 is 27.3 Å². The van der Waals surface area contributed by atoms with Crippen LogP contribution in [0.1, 0.15) is 23.7 Å². The van der Waals surface area contributed by atoms with E-state index in [-0.39, 0.29) is 6.04 Å². The lowest BCUT2D eigenvalue weighted by Gasteiger charge is -2.15. The maximum absolute atomic E-state index is 5.62. The molecule has 6 heteroatoms. The molecule has 2 aromatic heterocycles. The molecule has 2 aromatic rings. The number of nitrogens with zero attached hydrogens (tertiary/aromatic N) is 2. The first-order valence-corrected chi connectivity index (χ1v) is 6.59. The molecule has 0 radical (unpaired) electrons. The van der Waals surface area contributed by atoms with Crippen LogP contribution in [0.15, 0.2) is 28.3 Å².